The van der Waals surface area contributed by atoms with Crippen molar-refractivity contribution in [1.82, 2.24) is 9.88 Å². The summed E-state index contributed by atoms with van der Waals surface area (Å²) in [5.41, 5.74) is 7.12. The highest BCUT2D eigenvalue weighted by Crippen LogP contribution is 2.33. The van der Waals surface area contributed by atoms with Crippen molar-refractivity contribution < 1.29 is 4.79 Å². The van der Waals surface area contributed by atoms with Crippen molar-refractivity contribution in [3.63, 3.8) is 0 Å². The van der Waals surface area contributed by atoms with Crippen LogP contribution < -0.4 is 11.1 Å². The summed E-state index contributed by atoms with van der Waals surface area (Å²) in [4.78, 5) is 18.6. The summed E-state index contributed by atoms with van der Waals surface area (Å²) in [5.74, 6) is 0.369. The van der Waals surface area contributed by atoms with Crippen molar-refractivity contribution in [2.45, 2.75) is 19.3 Å². The Morgan fingerprint density at radius 1 is 1.04 bits per heavy atom. The van der Waals surface area contributed by atoms with E-state index in [1.54, 1.807) is 18.2 Å². The lowest BCUT2D eigenvalue weighted by molar-refractivity contribution is 0.0724. The summed E-state index contributed by atoms with van der Waals surface area (Å²) < 4.78 is 0. The van der Waals surface area contributed by atoms with E-state index in [9.17, 15) is 4.79 Å². The number of nitrogens with one attached hydrogen (secondary N) is 1. The quantitative estimate of drug-likeness (QED) is 0.713. The number of hydrogen-bond acceptors (Lipinski definition) is 4. The Balaban J connectivity index is 1.79. The fourth-order valence-corrected chi connectivity index (χ4v) is 3.42. The van der Waals surface area contributed by atoms with Gasteiger partial charge in [-0.1, -0.05) is 34.8 Å². The molecular formula is C17H17Cl3N4O. The van der Waals surface area contributed by atoms with Crippen molar-refractivity contribution in [3.8, 4) is 0 Å². The number of anilines is 3. The first kappa shape index (κ1) is 18.1. The van der Waals surface area contributed by atoms with Crippen LogP contribution in [0, 0.1) is 0 Å². The number of nitrogens with two attached hydrogens (primary N) is 1. The minimum Gasteiger partial charge on any atom is -0.396 e. The van der Waals surface area contributed by atoms with E-state index >= 15 is 0 Å². The molecule has 1 aliphatic heterocycles. The molecular weight excluding hydrogens is 383 g/mol. The molecule has 1 aromatic heterocycles. The summed E-state index contributed by atoms with van der Waals surface area (Å²) >= 11 is 18.3. The first-order valence-electron chi connectivity index (χ1n) is 7.92. The lowest BCUT2D eigenvalue weighted by Gasteiger charge is -2.26. The van der Waals surface area contributed by atoms with E-state index in [1.165, 1.54) is 12.6 Å². The second kappa shape index (κ2) is 7.68. The molecule has 3 rings (SSSR count). The molecule has 0 bridgehead atoms. The van der Waals surface area contributed by atoms with Crippen LogP contribution in [0.4, 0.5) is 17.2 Å². The number of pyridine rings is 1. The molecule has 1 aromatic carbocycles. The van der Waals surface area contributed by atoms with Gasteiger partial charge in [-0.25, -0.2) is 4.98 Å². The molecule has 0 saturated carbocycles. The molecule has 0 aliphatic carbocycles. The number of carbonyl (C=O) groups excluding carboxylic acids is 1. The summed E-state index contributed by atoms with van der Waals surface area (Å²) in [7, 11) is 0. The van der Waals surface area contributed by atoms with Gasteiger partial charge in [0.1, 0.15) is 5.82 Å². The van der Waals surface area contributed by atoms with Crippen LogP contribution in [0.5, 0.6) is 0 Å². The maximum atomic E-state index is 12.5. The molecule has 5 nitrogen and oxygen atoms in total. The van der Waals surface area contributed by atoms with Crippen molar-refractivity contribution in [2.75, 3.05) is 24.1 Å². The lowest BCUT2D eigenvalue weighted by atomic mass is 10.1. The van der Waals surface area contributed by atoms with Gasteiger partial charge >= 0.3 is 0 Å². The number of likely N-dealkylation sites (tertiary alicyclic amines) is 1. The zero-order valence-electron chi connectivity index (χ0n) is 13.4. The fourth-order valence-electron chi connectivity index (χ4n) is 2.72. The molecule has 0 spiro atoms. The van der Waals surface area contributed by atoms with Gasteiger partial charge in [0.2, 0.25) is 0 Å². The monoisotopic (exact) mass is 398 g/mol. The lowest BCUT2D eigenvalue weighted by Crippen LogP contribution is -2.35. The van der Waals surface area contributed by atoms with Gasteiger partial charge in [-0.05, 0) is 37.5 Å². The first-order chi connectivity index (χ1) is 12.0. The number of halogens is 3. The molecule has 1 aliphatic rings. The largest absolute Gasteiger partial charge is 0.396 e. The van der Waals surface area contributed by atoms with Gasteiger partial charge in [-0.15, -0.1) is 0 Å². The topological polar surface area (TPSA) is 71.2 Å². The Morgan fingerprint density at radius 3 is 2.28 bits per heavy atom. The van der Waals surface area contributed by atoms with E-state index in [1.807, 2.05) is 4.90 Å². The number of piperidine rings is 1. The van der Waals surface area contributed by atoms with Gasteiger partial charge < -0.3 is 16.0 Å². The minimum absolute atomic E-state index is 0.0424. The summed E-state index contributed by atoms with van der Waals surface area (Å²) in [6, 6.07) is 4.88. The number of hydrogen-bond donors (Lipinski definition) is 2. The van der Waals surface area contributed by atoms with E-state index in [4.69, 9.17) is 40.5 Å². The molecule has 2 aromatic rings. The van der Waals surface area contributed by atoms with Crippen LogP contribution in [0.1, 0.15) is 29.6 Å². The normalized spacial score (nSPS) is 14.4. The van der Waals surface area contributed by atoms with Gasteiger partial charge in [0.25, 0.3) is 5.91 Å². The van der Waals surface area contributed by atoms with Gasteiger partial charge in [-0.2, -0.15) is 0 Å². The van der Waals surface area contributed by atoms with Crippen LogP contribution in [0.3, 0.4) is 0 Å². The number of amides is 1. The van der Waals surface area contributed by atoms with E-state index in [-0.39, 0.29) is 5.91 Å². The van der Waals surface area contributed by atoms with Crippen molar-refractivity contribution >= 4 is 57.9 Å². The van der Waals surface area contributed by atoms with Crippen LogP contribution in [0.2, 0.25) is 15.1 Å². The Kier molecular flexibility index (Phi) is 5.57. The summed E-state index contributed by atoms with van der Waals surface area (Å²) in [5, 5.41) is 4.05. The third-order valence-corrected chi connectivity index (χ3v) is 4.99. The van der Waals surface area contributed by atoms with Crippen LogP contribution in [-0.2, 0) is 0 Å². The van der Waals surface area contributed by atoms with Gasteiger partial charge in [0.05, 0.1) is 26.3 Å². The Labute approximate surface area is 161 Å². The number of benzene rings is 1. The van der Waals surface area contributed by atoms with Gasteiger partial charge in [0, 0.05) is 25.0 Å². The third kappa shape index (κ3) is 4.11. The van der Waals surface area contributed by atoms with Crippen molar-refractivity contribution in [2.24, 2.45) is 0 Å². The second-order valence-corrected chi connectivity index (χ2v) is 7.11. The van der Waals surface area contributed by atoms with Crippen LogP contribution in [0.15, 0.2) is 24.4 Å². The number of aromatic nitrogens is 1. The van der Waals surface area contributed by atoms with Crippen LogP contribution >= 0.6 is 34.8 Å². The van der Waals surface area contributed by atoms with Gasteiger partial charge in [-0.3, -0.25) is 4.79 Å². The van der Waals surface area contributed by atoms with Crippen LogP contribution in [-0.4, -0.2) is 28.9 Å². The highest BCUT2D eigenvalue weighted by atomic mass is 35.5. The number of rotatable bonds is 3. The van der Waals surface area contributed by atoms with E-state index in [0.717, 1.165) is 25.9 Å². The van der Waals surface area contributed by atoms with E-state index < -0.39 is 0 Å². The molecule has 8 heteroatoms. The highest BCUT2D eigenvalue weighted by molar-refractivity contribution is 6.39. The molecule has 3 N–H and O–H groups in total. The predicted molar refractivity (Wildman–Crippen MR) is 103 cm³/mol. The third-order valence-electron chi connectivity index (χ3n) is 4.07. The highest BCUT2D eigenvalue weighted by Gasteiger charge is 2.19. The Morgan fingerprint density at radius 2 is 1.68 bits per heavy atom. The molecule has 132 valence electrons. The zero-order valence-corrected chi connectivity index (χ0v) is 15.6. The minimum atomic E-state index is -0.0424. The second-order valence-electron chi connectivity index (χ2n) is 5.89. The molecule has 25 heavy (non-hydrogen) atoms. The predicted octanol–water partition coefficient (Wildman–Crippen LogP) is 4.99. The molecule has 0 atom stereocenters. The SMILES string of the molecule is Nc1c(Cl)cc(Nc2ncc(C(=O)N3CCCCC3)cc2Cl)cc1Cl. The van der Waals surface area contributed by atoms with Crippen LogP contribution in [0.25, 0.3) is 0 Å². The van der Waals surface area contributed by atoms with E-state index in [2.05, 4.69) is 10.3 Å². The van der Waals surface area contributed by atoms with Gasteiger partial charge in [0.15, 0.2) is 0 Å². The average molecular weight is 400 g/mol. The zero-order chi connectivity index (χ0) is 18.0. The van der Waals surface area contributed by atoms with Crippen molar-refractivity contribution in [3.05, 3.63) is 45.0 Å². The summed E-state index contributed by atoms with van der Waals surface area (Å²) in [6.07, 6.45) is 4.75. The number of nitrogens with zero attached hydrogens (tertiary/aromatic N) is 2. The average Bonchev–Trinajstić information content (AvgIpc) is 2.61. The molecule has 1 fully saturated rings. The first-order valence-corrected chi connectivity index (χ1v) is 9.05. The molecule has 2 heterocycles. The Hall–Kier alpha value is -1.69. The molecule has 1 saturated heterocycles. The maximum Gasteiger partial charge on any atom is 0.255 e. The Bertz CT molecular complexity index is 783. The number of nitrogen functional groups attached to an aromatic ring is 1. The van der Waals surface area contributed by atoms with E-state index in [0.29, 0.717) is 37.8 Å². The molecule has 1 amide bonds. The van der Waals surface area contributed by atoms with Crippen molar-refractivity contribution in [1.29, 1.82) is 0 Å². The summed E-state index contributed by atoms with van der Waals surface area (Å²) in [6.45, 7) is 1.55. The fraction of sp³-hybridized carbons (Fsp3) is 0.294. The molecule has 0 radical (unpaired) electrons. The standard InChI is InChI=1S/C17H17Cl3N4O/c18-12-7-11(8-13(19)15(12)21)23-16-14(20)6-10(9-22-16)17(25)24-4-2-1-3-5-24/h6-9H,1-5,21H2,(H,22,23). The molecule has 0 unspecified atom stereocenters. The maximum absolute atomic E-state index is 12.5. The number of carbonyl (C=O) groups is 1. The smallest absolute Gasteiger partial charge is 0.255 e.